The van der Waals surface area contributed by atoms with E-state index in [0.29, 0.717) is 17.1 Å². The van der Waals surface area contributed by atoms with Crippen molar-refractivity contribution in [3.63, 3.8) is 0 Å². The molecule has 0 saturated heterocycles. The van der Waals surface area contributed by atoms with Crippen LogP contribution in [0.15, 0.2) is 68.6 Å². The molecule has 3 aromatic carbocycles. The van der Waals surface area contributed by atoms with Crippen LogP contribution in [-0.2, 0) is 10.1 Å². The number of azo groups is 1. The number of hydrogen-bond acceptors (Lipinski definition) is 7. The summed E-state index contributed by atoms with van der Waals surface area (Å²) in [6.45, 7) is 5.29. The molecule has 142 valence electrons. The molecule has 28 heavy (non-hydrogen) atoms. The van der Waals surface area contributed by atoms with Crippen LogP contribution < -0.4 is 0 Å². The first-order valence-corrected chi connectivity index (χ1v) is 9.32. The third-order valence-corrected chi connectivity index (χ3v) is 4.90. The summed E-state index contributed by atoms with van der Waals surface area (Å²) in [6, 6.07) is 11.7. The van der Waals surface area contributed by atoms with Gasteiger partial charge in [-0.3, -0.25) is 19.7 Å². The van der Waals surface area contributed by atoms with Crippen molar-refractivity contribution in [3.8, 4) is 0 Å². The molecule has 0 aliphatic carbocycles. The first-order chi connectivity index (χ1) is 13.2. The molecule has 0 spiro atoms. The maximum Gasteiger partial charge on any atom is 0.295 e. The van der Waals surface area contributed by atoms with E-state index in [0.717, 1.165) is 11.6 Å². The highest BCUT2D eigenvalue weighted by atomic mass is 32.2. The number of non-ortho nitro benzene ring substituents is 1. The van der Waals surface area contributed by atoms with Gasteiger partial charge in [-0.25, -0.2) is 0 Å². The number of rotatable bonds is 5. The van der Waals surface area contributed by atoms with Crippen LogP contribution in [0.1, 0.15) is 5.56 Å². The lowest BCUT2D eigenvalue weighted by Crippen LogP contribution is -2.01. The molecule has 0 amide bonds. The molecule has 0 unspecified atom stereocenters. The molecule has 3 rings (SSSR count). The second kappa shape index (κ2) is 7.25. The molecule has 0 atom stereocenters. The standard InChI is InChI=1S/C18H14N4O5S/c1-11-7-13(19-2)5-6-17(11)21-20-14-4-3-12-8-15(22(23)24)10-18(16(12)9-14)28(25,26)27/h3-10H,2H2,1H3,(H,25,26,27). The summed E-state index contributed by atoms with van der Waals surface area (Å²) in [4.78, 5) is 13.5. The molecular weight excluding hydrogens is 384 g/mol. The van der Waals surface area contributed by atoms with Crippen LogP contribution in [0.2, 0.25) is 0 Å². The molecule has 0 aromatic heterocycles. The predicted octanol–water partition coefficient (Wildman–Crippen LogP) is 5.05. The van der Waals surface area contributed by atoms with E-state index in [1.54, 1.807) is 24.3 Å². The van der Waals surface area contributed by atoms with Gasteiger partial charge >= 0.3 is 0 Å². The van der Waals surface area contributed by atoms with Gasteiger partial charge < -0.3 is 0 Å². The van der Waals surface area contributed by atoms with Crippen molar-refractivity contribution in [1.29, 1.82) is 0 Å². The van der Waals surface area contributed by atoms with Gasteiger partial charge in [-0.1, -0.05) is 6.07 Å². The Hall–Kier alpha value is -3.50. The summed E-state index contributed by atoms with van der Waals surface area (Å²) in [5.41, 5.74) is 1.98. The molecule has 0 aliphatic rings. The third-order valence-electron chi connectivity index (χ3n) is 4.01. The number of nitrogens with zero attached hydrogens (tertiary/aromatic N) is 4. The van der Waals surface area contributed by atoms with Crippen molar-refractivity contribution in [3.05, 3.63) is 64.2 Å². The zero-order chi connectivity index (χ0) is 20.5. The largest absolute Gasteiger partial charge is 0.295 e. The van der Waals surface area contributed by atoms with Gasteiger partial charge in [-0.2, -0.15) is 18.6 Å². The van der Waals surface area contributed by atoms with E-state index in [2.05, 4.69) is 21.9 Å². The van der Waals surface area contributed by atoms with Crippen molar-refractivity contribution >= 4 is 50.4 Å². The fraction of sp³-hybridized carbons (Fsp3) is 0.0556. The molecule has 3 aromatic rings. The van der Waals surface area contributed by atoms with E-state index in [4.69, 9.17) is 0 Å². The number of aryl methyl sites for hydroxylation is 1. The second-order valence-electron chi connectivity index (χ2n) is 5.91. The Labute approximate surface area is 160 Å². The molecule has 0 saturated carbocycles. The number of hydrogen-bond donors (Lipinski definition) is 1. The van der Waals surface area contributed by atoms with E-state index >= 15 is 0 Å². The Morgan fingerprint density at radius 1 is 1.04 bits per heavy atom. The lowest BCUT2D eigenvalue weighted by molar-refractivity contribution is -0.384. The molecule has 10 heteroatoms. The van der Waals surface area contributed by atoms with Gasteiger partial charge in [0.15, 0.2) is 0 Å². The number of nitro groups is 1. The van der Waals surface area contributed by atoms with E-state index < -0.39 is 25.6 Å². The van der Waals surface area contributed by atoms with Gasteiger partial charge in [0.1, 0.15) is 4.90 Å². The van der Waals surface area contributed by atoms with Crippen LogP contribution in [0.3, 0.4) is 0 Å². The number of nitro benzene ring substituents is 1. The minimum absolute atomic E-state index is 0.104. The van der Waals surface area contributed by atoms with Crippen LogP contribution in [0.25, 0.3) is 10.8 Å². The maximum absolute atomic E-state index is 11.7. The van der Waals surface area contributed by atoms with Gasteiger partial charge in [0.2, 0.25) is 0 Å². The highest BCUT2D eigenvalue weighted by Gasteiger charge is 2.20. The molecule has 0 radical (unpaired) electrons. The quantitative estimate of drug-likeness (QED) is 0.211. The molecule has 0 bridgehead atoms. The normalized spacial score (nSPS) is 11.8. The Morgan fingerprint density at radius 3 is 2.36 bits per heavy atom. The van der Waals surface area contributed by atoms with Gasteiger partial charge in [-0.15, -0.1) is 0 Å². The van der Waals surface area contributed by atoms with Gasteiger partial charge in [-0.05, 0) is 54.9 Å². The third kappa shape index (κ3) is 3.92. The Balaban J connectivity index is 2.10. The van der Waals surface area contributed by atoms with Crippen LogP contribution in [0, 0.1) is 17.0 Å². The zero-order valence-electron chi connectivity index (χ0n) is 14.6. The average Bonchev–Trinajstić information content (AvgIpc) is 2.65. The van der Waals surface area contributed by atoms with Crippen molar-refractivity contribution in [2.45, 2.75) is 11.8 Å². The summed E-state index contributed by atoms with van der Waals surface area (Å²) in [7, 11) is -4.68. The zero-order valence-corrected chi connectivity index (χ0v) is 15.4. The Morgan fingerprint density at radius 2 is 1.75 bits per heavy atom. The number of aliphatic imine (C=N–C) groups is 1. The van der Waals surface area contributed by atoms with Crippen LogP contribution in [0.5, 0.6) is 0 Å². The fourth-order valence-corrected chi connectivity index (χ4v) is 3.36. The first kappa shape index (κ1) is 19.3. The lowest BCUT2D eigenvalue weighted by Gasteiger charge is -2.05. The minimum Gasteiger partial charge on any atom is -0.282 e. The molecular formula is C18H14N4O5S. The Kier molecular flexibility index (Phi) is 4.99. The molecule has 9 nitrogen and oxygen atoms in total. The van der Waals surface area contributed by atoms with Crippen LogP contribution in [-0.4, -0.2) is 24.6 Å². The lowest BCUT2D eigenvalue weighted by atomic mass is 10.1. The average molecular weight is 398 g/mol. The second-order valence-corrected chi connectivity index (χ2v) is 7.30. The molecule has 0 aliphatic heterocycles. The topological polar surface area (TPSA) is 135 Å². The number of benzene rings is 3. The summed E-state index contributed by atoms with van der Waals surface area (Å²) in [5.74, 6) is 0. The monoisotopic (exact) mass is 398 g/mol. The summed E-state index contributed by atoms with van der Waals surface area (Å²) < 4.78 is 32.8. The van der Waals surface area contributed by atoms with Gasteiger partial charge in [0, 0.05) is 17.5 Å². The highest BCUT2D eigenvalue weighted by molar-refractivity contribution is 7.86. The minimum atomic E-state index is -4.68. The van der Waals surface area contributed by atoms with E-state index in [1.807, 2.05) is 6.92 Å². The number of fused-ring (bicyclic) bond motifs is 1. The fourth-order valence-electron chi connectivity index (χ4n) is 2.64. The highest BCUT2D eigenvalue weighted by Crippen LogP contribution is 2.32. The summed E-state index contributed by atoms with van der Waals surface area (Å²) >= 11 is 0. The summed E-state index contributed by atoms with van der Waals surface area (Å²) in [5, 5.41) is 19.6. The van der Waals surface area contributed by atoms with E-state index in [1.165, 1.54) is 18.2 Å². The summed E-state index contributed by atoms with van der Waals surface area (Å²) in [6.07, 6.45) is 0. The van der Waals surface area contributed by atoms with Gasteiger partial charge in [0.25, 0.3) is 15.8 Å². The van der Waals surface area contributed by atoms with Crippen molar-refractivity contribution in [2.75, 3.05) is 0 Å². The van der Waals surface area contributed by atoms with Crippen molar-refractivity contribution in [1.82, 2.24) is 0 Å². The van der Waals surface area contributed by atoms with Crippen molar-refractivity contribution in [2.24, 2.45) is 15.2 Å². The molecule has 0 fully saturated rings. The van der Waals surface area contributed by atoms with Gasteiger partial charge in [0.05, 0.1) is 22.0 Å². The Bertz CT molecular complexity index is 1250. The first-order valence-electron chi connectivity index (χ1n) is 7.88. The SMILES string of the molecule is C=Nc1ccc(N=Nc2ccc3cc([N+](=O)[O-])cc(S(=O)(=O)O)c3c2)c(C)c1. The maximum atomic E-state index is 11.7. The van der Waals surface area contributed by atoms with Crippen molar-refractivity contribution < 1.29 is 17.9 Å². The van der Waals surface area contributed by atoms with Crippen LogP contribution >= 0.6 is 0 Å². The molecule has 0 heterocycles. The smallest absolute Gasteiger partial charge is 0.282 e. The van der Waals surface area contributed by atoms with E-state index in [-0.39, 0.29) is 10.8 Å². The van der Waals surface area contributed by atoms with E-state index in [9.17, 15) is 23.1 Å². The predicted molar refractivity (Wildman–Crippen MR) is 105 cm³/mol. The molecule has 1 N–H and O–H groups in total. The van der Waals surface area contributed by atoms with Crippen LogP contribution in [0.4, 0.5) is 22.7 Å².